The summed E-state index contributed by atoms with van der Waals surface area (Å²) in [6, 6.07) is 0.229. The second-order valence-corrected chi connectivity index (χ2v) is 6.25. The fraction of sp³-hybridized carbons (Fsp3) is 0.929. The summed E-state index contributed by atoms with van der Waals surface area (Å²) in [5.74, 6) is 2.16. The van der Waals surface area contributed by atoms with E-state index in [0.29, 0.717) is 23.7 Å². The van der Waals surface area contributed by atoms with E-state index in [-0.39, 0.29) is 24.5 Å². The van der Waals surface area contributed by atoms with Crippen LogP contribution in [0.25, 0.3) is 0 Å². The van der Waals surface area contributed by atoms with Crippen molar-refractivity contribution >= 4 is 5.91 Å². The minimum Gasteiger partial charge on any atom is -0.396 e. The van der Waals surface area contributed by atoms with Crippen molar-refractivity contribution in [2.24, 2.45) is 29.6 Å². The molecule has 0 heterocycles. The summed E-state index contributed by atoms with van der Waals surface area (Å²) in [5.41, 5.74) is 0. The van der Waals surface area contributed by atoms with E-state index >= 15 is 0 Å². The molecular weight excluding hydrogens is 214 g/mol. The Balaban J connectivity index is 1.96. The molecule has 0 saturated heterocycles. The van der Waals surface area contributed by atoms with Gasteiger partial charge in [0.1, 0.15) is 0 Å². The molecule has 3 nitrogen and oxygen atoms in total. The second-order valence-electron chi connectivity index (χ2n) is 6.25. The van der Waals surface area contributed by atoms with Crippen molar-refractivity contribution in [3.63, 3.8) is 0 Å². The Morgan fingerprint density at radius 3 is 2.53 bits per heavy atom. The van der Waals surface area contributed by atoms with E-state index in [2.05, 4.69) is 19.2 Å². The van der Waals surface area contributed by atoms with Gasteiger partial charge in [0.15, 0.2) is 0 Å². The van der Waals surface area contributed by atoms with Gasteiger partial charge < -0.3 is 10.4 Å². The number of amides is 1. The van der Waals surface area contributed by atoms with Crippen molar-refractivity contribution in [2.45, 2.75) is 46.1 Å². The summed E-state index contributed by atoms with van der Waals surface area (Å²) in [6.45, 7) is 6.37. The number of hydrogen-bond donors (Lipinski definition) is 2. The van der Waals surface area contributed by atoms with Gasteiger partial charge in [-0.2, -0.15) is 0 Å². The minimum absolute atomic E-state index is 0.0634. The molecule has 5 unspecified atom stereocenters. The standard InChI is InChI=1S/C14H25NO2/c1-8(2)9(3)14(17)15-13-11-5-4-10(6-11)12(13)7-16/h8-13,16H,4-7H2,1-3H3,(H,15,17). The Morgan fingerprint density at radius 2 is 1.94 bits per heavy atom. The molecule has 5 atom stereocenters. The lowest BCUT2D eigenvalue weighted by Crippen LogP contribution is -2.47. The maximum atomic E-state index is 12.1. The van der Waals surface area contributed by atoms with Crippen LogP contribution in [0.15, 0.2) is 0 Å². The summed E-state index contributed by atoms with van der Waals surface area (Å²) in [5, 5.41) is 12.7. The van der Waals surface area contributed by atoms with Gasteiger partial charge in [0, 0.05) is 24.5 Å². The first-order valence-electron chi connectivity index (χ1n) is 6.95. The Hall–Kier alpha value is -0.570. The molecule has 1 amide bonds. The molecule has 0 aromatic heterocycles. The summed E-state index contributed by atoms with van der Waals surface area (Å²) < 4.78 is 0. The van der Waals surface area contributed by atoms with Crippen molar-refractivity contribution in [3.05, 3.63) is 0 Å². The molecule has 2 fully saturated rings. The Labute approximate surface area is 104 Å². The average molecular weight is 239 g/mol. The highest BCUT2D eigenvalue weighted by atomic mass is 16.3. The summed E-state index contributed by atoms with van der Waals surface area (Å²) in [6.07, 6.45) is 3.66. The molecule has 2 rings (SSSR count). The molecule has 17 heavy (non-hydrogen) atoms. The number of carbonyl (C=O) groups is 1. The van der Waals surface area contributed by atoms with Gasteiger partial charge >= 0.3 is 0 Å². The van der Waals surface area contributed by atoms with Gasteiger partial charge in [-0.15, -0.1) is 0 Å². The lowest BCUT2D eigenvalue weighted by atomic mass is 9.84. The monoisotopic (exact) mass is 239 g/mol. The molecule has 98 valence electrons. The molecule has 0 aliphatic heterocycles. The number of carbonyl (C=O) groups excluding carboxylic acids is 1. The zero-order valence-corrected chi connectivity index (χ0v) is 11.1. The highest BCUT2D eigenvalue weighted by molar-refractivity contribution is 5.78. The van der Waals surface area contributed by atoms with E-state index in [9.17, 15) is 9.90 Å². The topological polar surface area (TPSA) is 49.3 Å². The zero-order chi connectivity index (χ0) is 12.6. The Kier molecular flexibility index (Phi) is 3.76. The number of fused-ring (bicyclic) bond motifs is 2. The first-order valence-corrected chi connectivity index (χ1v) is 6.95. The molecule has 2 bridgehead atoms. The molecule has 2 aliphatic carbocycles. The van der Waals surface area contributed by atoms with Crippen LogP contribution in [0.2, 0.25) is 0 Å². The Morgan fingerprint density at radius 1 is 1.29 bits per heavy atom. The van der Waals surface area contributed by atoms with Gasteiger partial charge in [0.05, 0.1) is 0 Å². The van der Waals surface area contributed by atoms with E-state index in [0.717, 1.165) is 0 Å². The number of aliphatic hydroxyl groups excluding tert-OH is 1. The predicted molar refractivity (Wildman–Crippen MR) is 67.3 cm³/mol. The normalized spacial score (nSPS) is 37.5. The smallest absolute Gasteiger partial charge is 0.223 e. The van der Waals surface area contributed by atoms with E-state index in [1.54, 1.807) is 0 Å². The third kappa shape index (κ3) is 2.35. The predicted octanol–water partition coefficient (Wildman–Crippen LogP) is 1.80. The first-order chi connectivity index (χ1) is 8.04. The molecule has 2 N–H and O–H groups in total. The summed E-state index contributed by atoms with van der Waals surface area (Å²) in [7, 11) is 0. The van der Waals surface area contributed by atoms with Gasteiger partial charge in [-0.25, -0.2) is 0 Å². The molecule has 0 radical (unpaired) electrons. The average Bonchev–Trinajstić information content (AvgIpc) is 2.88. The summed E-state index contributed by atoms with van der Waals surface area (Å²) >= 11 is 0. The number of rotatable bonds is 4. The third-order valence-electron chi connectivity index (χ3n) is 5.02. The third-order valence-corrected chi connectivity index (χ3v) is 5.02. The highest BCUT2D eigenvalue weighted by Crippen LogP contribution is 2.48. The molecule has 2 saturated carbocycles. The number of aliphatic hydroxyl groups is 1. The molecule has 2 aliphatic rings. The maximum Gasteiger partial charge on any atom is 0.223 e. The van der Waals surface area contributed by atoms with E-state index in [1.807, 2.05) is 6.92 Å². The number of hydrogen-bond acceptors (Lipinski definition) is 2. The largest absolute Gasteiger partial charge is 0.396 e. The molecule has 0 spiro atoms. The Bertz CT molecular complexity index is 290. The maximum absolute atomic E-state index is 12.1. The van der Waals surface area contributed by atoms with Crippen molar-refractivity contribution in [2.75, 3.05) is 6.61 Å². The fourth-order valence-electron chi connectivity index (χ4n) is 3.50. The van der Waals surface area contributed by atoms with Crippen molar-refractivity contribution in [3.8, 4) is 0 Å². The number of nitrogens with one attached hydrogen (secondary N) is 1. The van der Waals surface area contributed by atoms with Gasteiger partial charge in [-0.05, 0) is 37.0 Å². The summed E-state index contributed by atoms with van der Waals surface area (Å²) in [4.78, 5) is 12.1. The molecule has 0 aromatic carbocycles. The fourth-order valence-corrected chi connectivity index (χ4v) is 3.50. The SMILES string of the molecule is CC(C)C(C)C(=O)NC1C2CCC(C2)C1CO. The molecule has 3 heteroatoms. The van der Waals surface area contributed by atoms with Crippen LogP contribution in [-0.2, 0) is 4.79 Å². The van der Waals surface area contributed by atoms with Crippen LogP contribution in [-0.4, -0.2) is 23.7 Å². The van der Waals surface area contributed by atoms with Crippen LogP contribution in [0.4, 0.5) is 0 Å². The van der Waals surface area contributed by atoms with Crippen LogP contribution in [0, 0.1) is 29.6 Å². The quantitative estimate of drug-likeness (QED) is 0.786. The van der Waals surface area contributed by atoms with Crippen molar-refractivity contribution < 1.29 is 9.90 Å². The van der Waals surface area contributed by atoms with Crippen LogP contribution in [0.5, 0.6) is 0 Å². The van der Waals surface area contributed by atoms with E-state index < -0.39 is 0 Å². The lowest BCUT2D eigenvalue weighted by molar-refractivity contribution is -0.127. The van der Waals surface area contributed by atoms with E-state index in [4.69, 9.17) is 0 Å². The van der Waals surface area contributed by atoms with Crippen molar-refractivity contribution in [1.29, 1.82) is 0 Å². The van der Waals surface area contributed by atoms with Gasteiger partial charge in [-0.3, -0.25) is 4.79 Å². The first kappa shape index (κ1) is 12.9. The molecule has 0 aromatic rings. The second kappa shape index (κ2) is 4.97. The van der Waals surface area contributed by atoms with Gasteiger partial charge in [0.25, 0.3) is 0 Å². The van der Waals surface area contributed by atoms with Crippen LogP contribution < -0.4 is 5.32 Å². The van der Waals surface area contributed by atoms with Crippen LogP contribution in [0.1, 0.15) is 40.0 Å². The van der Waals surface area contributed by atoms with Gasteiger partial charge in [-0.1, -0.05) is 20.8 Å². The molecular formula is C14H25NO2. The zero-order valence-electron chi connectivity index (χ0n) is 11.1. The lowest BCUT2D eigenvalue weighted by Gasteiger charge is -2.31. The van der Waals surface area contributed by atoms with E-state index in [1.165, 1.54) is 19.3 Å². The highest BCUT2D eigenvalue weighted by Gasteiger charge is 2.47. The van der Waals surface area contributed by atoms with Crippen LogP contribution >= 0.6 is 0 Å². The van der Waals surface area contributed by atoms with Crippen molar-refractivity contribution in [1.82, 2.24) is 5.32 Å². The van der Waals surface area contributed by atoms with Gasteiger partial charge in [0.2, 0.25) is 5.91 Å². The van der Waals surface area contributed by atoms with Crippen LogP contribution in [0.3, 0.4) is 0 Å². The minimum atomic E-state index is 0.0634.